The second-order valence-electron chi connectivity index (χ2n) is 6.71. The number of aliphatic hydroxyl groups is 1. The number of nitro groups is 1. The third-order valence-electron chi connectivity index (χ3n) is 4.43. The number of aryl methyl sites for hydroxylation is 1. The van der Waals surface area contributed by atoms with Crippen LogP contribution in [0.4, 0.5) is 11.5 Å². The zero-order chi connectivity index (χ0) is 20.1. The quantitative estimate of drug-likeness (QED) is 0.479. The molecule has 0 aliphatic rings. The van der Waals surface area contributed by atoms with Crippen molar-refractivity contribution in [1.29, 1.82) is 0 Å². The van der Waals surface area contributed by atoms with Crippen molar-refractivity contribution in [2.24, 2.45) is 0 Å². The SMILES string of the molecule is Cc1cc(NC(C)C(O)Cc2ccccc2)nc(-c2ccc([N+](=O)[O-])cc2)n1. The Balaban J connectivity index is 1.74. The minimum Gasteiger partial charge on any atom is -0.391 e. The lowest BCUT2D eigenvalue weighted by molar-refractivity contribution is -0.384. The van der Waals surface area contributed by atoms with E-state index in [2.05, 4.69) is 15.3 Å². The molecule has 7 nitrogen and oxygen atoms in total. The molecule has 0 saturated carbocycles. The fourth-order valence-corrected chi connectivity index (χ4v) is 2.87. The number of hydrogen-bond donors (Lipinski definition) is 2. The largest absolute Gasteiger partial charge is 0.391 e. The van der Waals surface area contributed by atoms with Crippen molar-refractivity contribution in [2.75, 3.05) is 5.32 Å². The van der Waals surface area contributed by atoms with Gasteiger partial charge in [-0.3, -0.25) is 10.1 Å². The Hall–Kier alpha value is -3.32. The van der Waals surface area contributed by atoms with Gasteiger partial charge in [0.15, 0.2) is 5.82 Å². The van der Waals surface area contributed by atoms with Crippen molar-refractivity contribution in [3.05, 3.63) is 82.0 Å². The van der Waals surface area contributed by atoms with Gasteiger partial charge in [0, 0.05) is 35.9 Å². The topological polar surface area (TPSA) is 101 Å². The molecule has 2 aromatic carbocycles. The number of hydrogen-bond acceptors (Lipinski definition) is 6. The number of aromatic nitrogens is 2. The van der Waals surface area contributed by atoms with Gasteiger partial charge in [0.05, 0.1) is 17.1 Å². The normalized spacial score (nSPS) is 13.0. The van der Waals surface area contributed by atoms with Crippen LogP contribution in [0.1, 0.15) is 18.2 Å². The number of anilines is 1. The van der Waals surface area contributed by atoms with E-state index in [4.69, 9.17) is 0 Å². The molecule has 0 spiro atoms. The lowest BCUT2D eigenvalue weighted by atomic mass is 10.0. The van der Waals surface area contributed by atoms with Gasteiger partial charge in [-0.2, -0.15) is 0 Å². The first-order valence-corrected chi connectivity index (χ1v) is 9.01. The number of nitrogens with one attached hydrogen (secondary N) is 1. The number of non-ortho nitro benzene ring substituents is 1. The van der Waals surface area contributed by atoms with E-state index in [0.717, 1.165) is 11.3 Å². The fourth-order valence-electron chi connectivity index (χ4n) is 2.87. The molecule has 0 saturated heterocycles. The minimum atomic E-state index is -0.583. The molecule has 3 rings (SSSR count). The van der Waals surface area contributed by atoms with Crippen LogP contribution in [-0.4, -0.2) is 32.1 Å². The van der Waals surface area contributed by atoms with Crippen LogP contribution in [0.2, 0.25) is 0 Å². The molecule has 2 unspecified atom stereocenters. The van der Waals surface area contributed by atoms with Gasteiger partial charge in [-0.25, -0.2) is 9.97 Å². The molecule has 2 N–H and O–H groups in total. The zero-order valence-electron chi connectivity index (χ0n) is 15.7. The molecular formula is C21H22N4O3. The summed E-state index contributed by atoms with van der Waals surface area (Å²) < 4.78 is 0. The Bertz CT molecular complexity index is 946. The molecule has 144 valence electrons. The average Bonchev–Trinajstić information content (AvgIpc) is 2.68. The summed E-state index contributed by atoms with van der Waals surface area (Å²) in [5.74, 6) is 1.07. The summed E-state index contributed by atoms with van der Waals surface area (Å²) in [5.41, 5.74) is 2.53. The Morgan fingerprint density at radius 2 is 1.79 bits per heavy atom. The summed E-state index contributed by atoms with van der Waals surface area (Å²) in [5, 5.41) is 24.5. The molecule has 0 radical (unpaired) electrons. The second-order valence-corrected chi connectivity index (χ2v) is 6.71. The Morgan fingerprint density at radius 3 is 2.43 bits per heavy atom. The van der Waals surface area contributed by atoms with Crippen molar-refractivity contribution in [3.8, 4) is 11.4 Å². The maximum Gasteiger partial charge on any atom is 0.269 e. The van der Waals surface area contributed by atoms with Gasteiger partial charge in [0.2, 0.25) is 0 Å². The van der Waals surface area contributed by atoms with Crippen LogP contribution in [0.5, 0.6) is 0 Å². The number of nitrogens with zero attached hydrogens (tertiary/aromatic N) is 3. The van der Waals surface area contributed by atoms with Crippen molar-refractivity contribution in [1.82, 2.24) is 9.97 Å². The Kier molecular flexibility index (Phi) is 5.96. The van der Waals surface area contributed by atoms with Crippen molar-refractivity contribution in [3.63, 3.8) is 0 Å². The van der Waals surface area contributed by atoms with E-state index in [9.17, 15) is 15.2 Å². The van der Waals surface area contributed by atoms with Crippen LogP contribution in [-0.2, 0) is 6.42 Å². The third-order valence-corrected chi connectivity index (χ3v) is 4.43. The van der Waals surface area contributed by atoms with Gasteiger partial charge in [0.25, 0.3) is 5.69 Å². The standard InChI is InChI=1S/C21H22N4O3/c1-14-12-20(23-15(2)19(26)13-16-6-4-3-5-7-16)24-21(22-14)17-8-10-18(11-9-17)25(27)28/h3-12,15,19,26H,13H2,1-2H3,(H,22,23,24). The van der Waals surface area contributed by atoms with E-state index in [1.807, 2.05) is 44.2 Å². The summed E-state index contributed by atoms with van der Waals surface area (Å²) in [7, 11) is 0. The molecule has 0 aliphatic heterocycles. The third kappa shape index (κ3) is 4.89. The zero-order valence-corrected chi connectivity index (χ0v) is 15.7. The van der Waals surface area contributed by atoms with Gasteiger partial charge in [-0.1, -0.05) is 30.3 Å². The average molecular weight is 378 g/mol. The van der Waals surface area contributed by atoms with E-state index < -0.39 is 11.0 Å². The first kappa shape index (κ1) is 19.4. The van der Waals surface area contributed by atoms with Gasteiger partial charge < -0.3 is 10.4 Å². The molecule has 0 amide bonds. The van der Waals surface area contributed by atoms with E-state index in [1.54, 1.807) is 18.2 Å². The number of aliphatic hydroxyl groups excluding tert-OH is 1. The van der Waals surface area contributed by atoms with E-state index in [0.29, 0.717) is 23.6 Å². The lowest BCUT2D eigenvalue weighted by Crippen LogP contribution is -2.32. The van der Waals surface area contributed by atoms with Crippen LogP contribution in [0, 0.1) is 17.0 Å². The highest BCUT2D eigenvalue weighted by molar-refractivity contribution is 5.59. The smallest absolute Gasteiger partial charge is 0.269 e. The van der Waals surface area contributed by atoms with Gasteiger partial charge in [0.1, 0.15) is 5.82 Å². The highest BCUT2D eigenvalue weighted by Gasteiger charge is 2.16. The summed E-state index contributed by atoms with van der Waals surface area (Å²) in [6, 6.07) is 17.5. The van der Waals surface area contributed by atoms with Crippen LogP contribution in [0.3, 0.4) is 0 Å². The predicted octanol–water partition coefficient (Wildman–Crippen LogP) is 3.76. The molecule has 1 heterocycles. The molecule has 0 bridgehead atoms. The first-order valence-electron chi connectivity index (χ1n) is 9.01. The van der Waals surface area contributed by atoms with Crippen LogP contribution in [0.25, 0.3) is 11.4 Å². The molecule has 1 aromatic heterocycles. The van der Waals surface area contributed by atoms with Gasteiger partial charge >= 0.3 is 0 Å². The predicted molar refractivity (Wildman–Crippen MR) is 108 cm³/mol. The summed E-state index contributed by atoms with van der Waals surface area (Å²) in [4.78, 5) is 19.3. The highest BCUT2D eigenvalue weighted by atomic mass is 16.6. The van der Waals surface area contributed by atoms with Gasteiger partial charge in [-0.15, -0.1) is 0 Å². The molecule has 28 heavy (non-hydrogen) atoms. The van der Waals surface area contributed by atoms with Crippen molar-refractivity contribution < 1.29 is 10.0 Å². The van der Waals surface area contributed by atoms with Crippen LogP contribution < -0.4 is 5.32 Å². The monoisotopic (exact) mass is 378 g/mol. The lowest BCUT2D eigenvalue weighted by Gasteiger charge is -2.21. The number of rotatable bonds is 7. The van der Waals surface area contributed by atoms with Gasteiger partial charge in [-0.05, 0) is 31.5 Å². The second kappa shape index (κ2) is 8.58. The number of nitro benzene ring substituents is 1. The molecule has 2 atom stereocenters. The molecule has 7 heteroatoms. The van der Waals surface area contributed by atoms with Crippen LogP contribution in [0.15, 0.2) is 60.7 Å². The maximum atomic E-state index is 10.8. The first-order chi connectivity index (χ1) is 13.4. The summed E-state index contributed by atoms with van der Waals surface area (Å²) >= 11 is 0. The molecule has 3 aromatic rings. The molecule has 0 fully saturated rings. The highest BCUT2D eigenvalue weighted by Crippen LogP contribution is 2.22. The maximum absolute atomic E-state index is 10.8. The number of benzene rings is 2. The molecular weight excluding hydrogens is 356 g/mol. The summed E-state index contributed by atoms with van der Waals surface area (Å²) in [6.45, 7) is 3.75. The van der Waals surface area contributed by atoms with E-state index in [1.165, 1.54) is 12.1 Å². The van der Waals surface area contributed by atoms with Crippen molar-refractivity contribution >= 4 is 11.5 Å². The Morgan fingerprint density at radius 1 is 1.11 bits per heavy atom. The van der Waals surface area contributed by atoms with E-state index >= 15 is 0 Å². The Labute approximate surface area is 163 Å². The molecule has 0 aliphatic carbocycles. The minimum absolute atomic E-state index is 0.0207. The fraction of sp³-hybridized carbons (Fsp3) is 0.238. The van der Waals surface area contributed by atoms with E-state index in [-0.39, 0.29) is 11.7 Å². The summed E-state index contributed by atoms with van der Waals surface area (Å²) in [6.07, 6.45) is -0.0469. The van der Waals surface area contributed by atoms with Crippen LogP contribution >= 0.6 is 0 Å². The van der Waals surface area contributed by atoms with Crippen molar-refractivity contribution in [2.45, 2.75) is 32.4 Å².